The first-order valence-electron chi connectivity index (χ1n) is 18.7. The lowest BCUT2D eigenvalue weighted by Crippen LogP contribution is -2.11. The molecule has 2 nitrogen and oxygen atoms in total. The Morgan fingerprint density at radius 2 is 1.02 bits per heavy atom. The zero-order valence-corrected chi connectivity index (χ0v) is 30.6. The lowest BCUT2D eigenvalue weighted by atomic mass is 9.96. The molecule has 2 aromatic heterocycles. The van der Waals surface area contributed by atoms with Crippen LogP contribution in [-0.2, 0) is 0 Å². The van der Waals surface area contributed by atoms with E-state index in [4.69, 9.17) is 4.42 Å². The molecule has 0 spiro atoms. The summed E-state index contributed by atoms with van der Waals surface area (Å²) in [4.78, 5) is 2.42. The first-order valence-corrected chi connectivity index (χ1v) is 19.5. The quantitative estimate of drug-likeness (QED) is 0.170. The molecule has 2 heterocycles. The molecule has 0 fully saturated rings. The minimum Gasteiger partial charge on any atom is -0.456 e. The van der Waals surface area contributed by atoms with E-state index in [1.807, 2.05) is 23.5 Å². The maximum Gasteiger partial charge on any atom is 0.136 e. The topological polar surface area (TPSA) is 16.4 Å². The standard InChI is InChI=1S/C52H33NOS/c1-2-16-40-35(12-1)13-10-20-41(40)37-14-9-15-39(32-37)53(38-29-26-34(27-30-38)36-28-31-44-43-18-4-7-24-49(43)54-50(44)33-36)48-23-6-3-17-42(48)46-21-11-22-47-45-19-5-8-25-51(45)55-52(46)47/h1-33H. The molecular weight excluding hydrogens is 687 g/mol. The lowest BCUT2D eigenvalue weighted by molar-refractivity contribution is 0.669. The Labute approximate surface area is 322 Å². The number of thiophene rings is 1. The number of nitrogens with zero attached hydrogens (tertiary/aromatic N) is 1. The average Bonchev–Trinajstić information content (AvgIpc) is 3.82. The number of hydrogen-bond acceptors (Lipinski definition) is 3. The molecule has 11 aromatic rings. The van der Waals surface area contributed by atoms with Crippen LogP contribution < -0.4 is 4.90 Å². The Hall–Kier alpha value is -6.94. The molecule has 0 amide bonds. The van der Waals surface area contributed by atoms with E-state index in [-0.39, 0.29) is 0 Å². The van der Waals surface area contributed by atoms with Crippen molar-refractivity contribution in [2.45, 2.75) is 0 Å². The van der Waals surface area contributed by atoms with Gasteiger partial charge in [-0.05, 0) is 87.6 Å². The van der Waals surface area contributed by atoms with Crippen molar-refractivity contribution in [3.8, 4) is 33.4 Å². The van der Waals surface area contributed by atoms with Crippen LogP contribution in [0.5, 0.6) is 0 Å². The number of benzene rings is 9. The SMILES string of the molecule is c1cc(-c2cccc3ccccc23)cc(N(c2ccc(-c3ccc4c(c3)oc3ccccc34)cc2)c2ccccc2-c2cccc3c2sc2ccccc23)c1. The van der Waals surface area contributed by atoms with Crippen LogP contribution in [0.3, 0.4) is 0 Å². The van der Waals surface area contributed by atoms with Gasteiger partial charge in [0.25, 0.3) is 0 Å². The molecular formula is C52H33NOS. The van der Waals surface area contributed by atoms with Crippen LogP contribution in [0.25, 0.3) is 86.3 Å². The van der Waals surface area contributed by atoms with Crippen LogP contribution in [0.4, 0.5) is 17.1 Å². The van der Waals surface area contributed by atoms with Crippen LogP contribution in [0, 0.1) is 0 Å². The maximum absolute atomic E-state index is 6.26. The fraction of sp³-hybridized carbons (Fsp3) is 0. The predicted octanol–water partition coefficient (Wildman–Crippen LogP) is 15.6. The molecule has 0 aliphatic rings. The van der Waals surface area contributed by atoms with Gasteiger partial charge in [0.1, 0.15) is 11.2 Å². The molecule has 258 valence electrons. The molecule has 3 heteroatoms. The van der Waals surface area contributed by atoms with E-state index in [0.717, 1.165) is 50.1 Å². The highest BCUT2D eigenvalue weighted by molar-refractivity contribution is 7.26. The van der Waals surface area contributed by atoms with Gasteiger partial charge in [-0.1, -0.05) is 146 Å². The van der Waals surface area contributed by atoms with Crippen molar-refractivity contribution in [1.82, 2.24) is 0 Å². The van der Waals surface area contributed by atoms with Crippen LogP contribution in [0.2, 0.25) is 0 Å². The van der Waals surface area contributed by atoms with Gasteiger partial charge < -0.3 is 9.32 Å². The van der Waals surface area contributed by atoms with Crippen LogP contribution in [0.15, 0.2) is 205 Å². The van der Waals surface area contributed by atoms with E-state index in [0.29, 0.717) is 0 Å². The minimum atomic E-state index is 0.902. The van der Waals surface area contributed by atoms with Crippen molar-refractivity contribution in [1.29, 1.82) is 0 Å². The molecule has 0 aliphatic heterocycles. The summed E-state index contributed by atoms with van der Waals surface area (Å²) in [5.41, 5.74) is 12.2. The number of fused-ring (bicyclic) bond motifs is 7. The summed E-state index contributed by atoms with van der Waals surface area (Å²) in [5, 5.41) is 7.36. The van der Waals surface area contributed by atoms with Crippen molar-refractivity contribution < 1.29 is 4.42 Å². The van der Waals surface area contributed by atoms with Crippen molar-refractivity contribution in [2.24, 2.45) is 0 Å². The molecule has 0 saturated heterocycles. The molecule has 11 rings (SSSR count). The van der Waals surface area contributed by atoms with E-state index in [1.54, 1.807) is 0 Å². The van der Waals surface area contributed by atoms with E-state index in [2.05, 4.69) is 193 Å². The van der Waals surface area contributed by atoms with E-state index < -0.39 is 0 Å². The second-order valence-electron chi connectivity index (χ2n) is 14.1. The summed E-state index contributed by atoms with van der Waals surface area (Å²) >= 11 is 1.87. The highest BCUT2D eigenvalue weighted by Gasteiger charge is 2.20. The fourth-order valence-electron chi connectivity index (χ4n) is 8.28. The first kappa shape index (κ1) is 31.6. The third-order valence-corrected chi connectivity index (χ3v) is 12.1. The maximum atomic E-state index is 6.26. The van der Waals surface area contributed by atoms with Gasteiger partial charge in [-0.3, -0.25) is 0 Å². The van der Waals surface area contributed by atoms with Gasteiger partial charge >= 0.3 is 0 Å². The van der Waals surface area contributed by atoms with Gasteiger partial charge in [0, 0.05) is 53.4 Å². The molecule has 0 N–H and O–H groups in total. The summed E-state index contributed by atoms with van der Waals surface area (Å²) in [6, 6.07) is 72.3. The Bertz CT molecular complexity index is 3220. The Morgan fingerprint density at radius 1 is 0.364 bits per heavy atom. The monoisotopic (exact) mass is 719 g/mol. The van der Waals surface area contributed by atoms with Gasteiger partial charge in [-0.15, -0.1) is 11.3 Å². The minimum absolute atomic E-state index is 0.902. The normalized spacial score (nSPS) is 11.6. The van der Waals surface area contributed by atoms with E-state index in [1.165, 1.54) is 53.2 Å². The zero-order chi connectivity index (χ0) is 36.3. The molecule has 9 aromatic carbocycles. The van der Waals surface area contributed by atoms with Gasteiger partial charge in [0.15, 0.2) is 0 Å². The number of hydrogen-bond donors (Lipinski definition) is 0. The van der Waals surface area contributed by atoms with Crippen LogP contribution in [0.1, 0.15) is 0 Å². The molecule has 55 heavy (non-hydrogen) atoms. The summed E-state index contributed by atoms with van der Waals surface area (Å²) < 4.78 is 8.87. The number of rotatable bonds is 6. The molecule has 0 atom stereocenters. The summed E-state index contributed by atoms with van der Waals surface area (Å²) in [6.45, 7) is 0. The van der Waals surface area contributed by atoms with Gasteiger partial charge in [-0.25, -0.2) is 0 Å². The van der Waals surface area contributed by atoms with Crippen LogP contribution >= 0.6 is 11.3 Å². The summed E-state index contributed by atoms with van der Waals surface area (Å²) in [6.07, 6.45) is 0. The third-order valence-electron chi connectivity index (χ3n) is 10.9. The molecule has 0 radical (unpaired) electrons. The summed E-state index contributed by atoms with van der Waals surface area (Å²) in [5.74, 6) is 0. The van der Waals surface area contributed by atoms with E-state index in [9.17, 15) is 0 Å². The second-order valence-corrected chi connectivity index (χ2v) is 15.1. The Balaban J connectivity index is 1.08. The molecule has 0 bridgehead atoms. The van der Waals surface area contributed by atoms with Gasteiger partial charge in [-0.2, -0.15) is 0 Å². The van der Waals surface area contributed by atoms with Crippen molar-refractivity contribution >= 4 is 81.3 Å². The zero-order valence-electron chi connectivity index (χ0n) is 29.8. The largest absolute Gasteiger partial charge is 0.456 e. The summed E-state index contributed by atoms with van der Waals surface area (Å²) in [7, 11) is 0. The highest BCUT2D eigenvalue weighted by atomic mass is 32.1. The van der Waals surface area contributed by atoms with Gasteiger partial charge in [0.2, 0.25) is 0 Å². The Morgan fingerprint density at radius 3 is 1.95 bits per heavy atom. The van der Waals surface area contributed by atoms with Crippen LogP contribution in [-0.4, -0.2) is 0 Å². The van der Waals surface area contributed by atoms with Crippen molar-refractivity contribution in [2.75, 3.05) is 4.90 Å². The van der Waals surface area contributed by atoms with Crippen molar-refractivity contribution in [3.63, 3.8) is 0 Å². The fourth-order valence-corrected chi connectivity index (χ4v) is 9.51. The lowest BCUT2D eigenvalue weighted by Gasteiger charge is -2.28. The highest BCUT2D eigenvalue weighted by Crippen LogP contribution is 2.47. The smallest absolute Gasteiger partial charge is 0.136 e. The first-order chi connectivity index (χ1) is 27.3. The second kappa shape index (κ2) is 12.9. The van der Waals surface area contributed by atoms with Crippen molar-refractivity contribution in [3.05, 3.63) is 200 Å². The van der Waals surface area contributed by atoms with Gasteiger partial charge in [0.05, 0.1) is 5.69 Å². The predicted molar refractivity (Wildman–Crippen MR) is 235 cm³/mol. The molecule has 0 aliphatic carbocycles. The number of anilines is 3. The van der Waals surface area contributed by atoms with E-state index >= 15 is 0 Å². The number of para-hydroxylation sites is 2. The third kappa shape index (κ3) is 5.32. The Kier molecular flexibility index (Phi) is 7.39. The number of furan rings is 1. The molecule has 0 unspecified atom stereocenters. The average molecular weight is 720 g/mol. The molecule has 0 saturated carbocycles.